The molecule has 0 fully saturated rings. The molecule has 0 aliphatic heterocycles. The number of nitrogens with zero attached hydrogens (tertiary/aromatic N) is 3. The van der Waals surface area contributed by atoms with Crippen LogP contribution in [0.3, 0.4) is 0 Å². The summed E-state index contributed by atoms with van der Waals surface area (Å²) in [6.07, 6.45) is 1.52. The third kappa shape index (κ3) is 4.04. The van der Waals surface area contributed by atoms with Crippen molar-refractivity contribution in [3.8, 4) is 0 Å². The van der Waals surface area contributed by atoms with Crippen LogP contribution in [0.4, 0.5) is 10.1 Å². The highest BCUT2D eigenvalue weighted by molar-refractivity contribution is 7.90. The molecular weight excluding hydrogens is 383 g/mol. The van der Waals surface area contributed by atoms with Crippen LogP contribution in [0.25, 0.3) is 5.65 Å². The molecule has 0 atom stereocenters. The van der Waals surface area contributed by atoms with E-state index in [9.17, 15) is 17.6 Å². The molecule has 0 saturated heterocycles. The van der Waals surface area contributed by atoms with E-state index in [1.165, 1.54) is 6.07 Å². The number of anilines is 1. The quantitative estimate of drug-likeness (QED) is 0.660. The predicted molar refractivity (Wildman–Crippen MR) is 104 cm³/mol. The first kappa shape index (κ1) is 19.9. The number of aryl methyl sites for hydroxylation is 3. The molecule has 2 aromatic heterocycles. The molecular formula is C19H21FN4O3S. The molecule has 9 heteroatoms. The van der Waals surface area contributed by atoms with Crippen LogP contribution in [-0.2, 0) is 21.1 Å². The number of carbonyl (C=O) groups excluding carboxylic acids is 1. The number of rotatable bonds is 5. The number of aromatic nitrogens is 3. The fourth-order valence-electron chi connectivity index (χ4n) is 3.09. The van der Waals surface area contributed by atoms with Gasteiger partial charge < -0.3 is 5.32 Å². The van der Waals surface area contributed by atoms with E-state index in [1.807, 2.05) is 26.8 Å². The van der Waals surface area contributed by atoms with Gasteiger partial charge in [0.2, 0.25) is 5.91 Å². The van der Waals surface area contributed by atoms with Gasteiger partial charge >= 0.3 is 0 Å². The lowest BCUT2D eigenvalue weighted by molar-refractivity contribution is -0.116. The van der Waals surface area contributed by atoms with Crippen molar-refractivity contribution in [2.45, 2.75) is 38.5 Å². The SMILES string of the molecule is Cc1cc2nc(C)c(CCC(=O)Nc3cc(S(C)(=O)=O)ccc3F)c(C)n2n1. The lowest BCUT2D eigenvalue weighted by atomic mass is 10.1. The predicted octanol–water partition coefficient (Wildman–Crippen LogP) is 2.77. The summed E-state index contributed by atoms with van der Waals surface area (Å²) in [6, 6.07) is 5.20. The van der Waals surface area contributed by atoms with Gasteiger partial charge in [-0.05, 0) is 51.0 Å². The molecule has 3 rings (SSSR count). The Morgan fingerprint density at radius 3 is 2.61 bits per heavy atom. The van der Waals surface area contributed by atoms with E-state index in [0.717, 1.165) is 46.7 Å². The highest BCUT2D eigenvalue weighted by Gasteiger charge is 2.15. The lowest BCUT2D eigenvalue weighted by Crippen LogP contribution is -2.15. The van der Waals surface area contributed by atoms with Gasteiger partial charge in [0, 0.05) is 30.1 Å². The van der Waals surface area contributed by atoms with Crippen molar-refractivity contribution >= 4 is 27.1 Å². The first-order chi connectivity index (χ1) is 13.1. The normalized spacial score (nSPS) is 11.8. The Balaban J connectivity index is 1.78. The number of halogens is 1. The van der Waals surface area contributed by atoms with Gasteiger partial charge in [0.15, 0.2) is 15.5 Å². The Bertz CT molecular complexity index is 1190. The third-order valence-electron chi connectivity index (χ3n) is 4.53. The van der Waals surface area contributed by atoms with Crippen molar-refractivity contribution in [2.75, 3.05) is 11.6 Å². The van der Waals surface area contributed by atoms with E-state index in [0.29, 0.717) is 6.42 Å². The van der Waals surface area contributed by atoms with Crippen LogP contribution in [0, 0.1) is 26.6 Å². The van der Waals surface area contributed by atoms with Gasteiger partial charge in [-0.1, -0.05) is 0 Å². The summed E-state index contributed by atoms with van der Waals surface area (Å²) in [5.74, 6) is -1.11. The first-order valence-corrected chi connectivity index (χ1v) is 10.6. The van der Waals surface area contributed by atoms with Crippen LogP contribution >= 0.6 is 0 Å². The second kappa shape index (κ2) is 7.31. The van der Waals surface area contributed by atoms with Crippen molar-refractivity contribution in [3.63, 3.8) is 0 Å². The van der Waals surface area contributed by atoms with Crippen molar-refractivity contribution < 1.29 is 17.6 Å². The van der Waals surface area contributed by atoms with Crippen molar-refractivity contribution in [1.82, 2.24) is 14.6 Å². The number of amides is 1. The van der Waals surface area contributed by atoms with Gasteiger partial charge in [0.05, 0.1) is 16.3 Å². The van der Waals surface area contributed by atoms with Gasteiger partial charge in [-0.2, -0.15) is 5.10 Å². The molecule has 7 nitrogen and oxygen atoms in total. The van der Waals surface area contributed by atoms with E-state index >= 15 is 0 Å². The summed E-state index contributed by atoms with van der Waals surface area (Å²) < 4.78 is 38.9. The minimum atomic E-state index is -3.50. The molecule has 0 saturated carbocycles. The average Bonchev–Trinajstić information content (AvgIpc) is 2.96. The van der Waals surface area contributed by atoms with Gasteiger partial charge in [-0.25, -0.2) is 22.3 Å². The molecule has 148 valence electrons. The van der Waals surface area contributed by atoms with Crippen LogP contribution in [0.15, 0.2) is 29.2 Å². The molecule has 2 heterocycles. The highest BCUT2D eigenvalue weighted by Crippen LogP contribution is 2.21. The summed E-state index contributed by atoms with van der Waals surface area (Å²) in [7, 11) is -3.50. The molecule has 0 spiro atoms. The standard InChI is InChI=1S/C19H21FN4O3S/c1-11-9-18-21-12(2)15(13(3)24(18)23-11)6-8-19(25)22-17-10-14(28(4,26)27)5-7-16(17)20/h5,7,9-10H,6,8H2,1-4H3,(H,22,25). The van der Waals surface area contributed by atoms with Gasteiger partial charge in [-0.15, -0.1) is 0 Å². The summed E-state index contributed by atoms with van der Waals surface area (Å²) >= 11 is 0. The van der Waals surface area contributed by atoms with E-state index < -0.39 is 21.6 Å². The highest BCUT2D eigenvalue weighted by atomic mass is 32.2. The number of carbonyl (C=O) groups is 1. The van der Waals surface area contributed by atoms with E-state index in [1.54, 1.807) is 4.52 Å². The molecule has 1 amide bonds. The maximum Gasteiger partial charge on any atom is 0.224 e. The molecule has 1 N–H and O–H groups in total. The van der Waals surface area contributed by atoms with Crippen LogP contribution in [-0.4, -0.2) is 35.2 Å². The largest absolute Gasteiger partial charge is 0.324 e. The van der Waals surface area contributed by atoms with E-state index in [-0.39, 0.29) is 17.0 Å². The zero-order chi connectivity index (χ0) is 20.6. The maximum atomic E-state index is 14.0. The van der Waals surface area contributed by atoms with Crippen LogP contribution in [0.1, 0.15) is 29.1 Å². The van der Waals surface area contributed by atoms with Crippen molar-refractivity contribution in [2.24, 2.45) is 0 Å². The van der Waals surface area contributed by atoms with E-state index in [4.69, 9.17) is 0 Å². The second-order valence-electron chi connectivity index (χ2n) is 6.78. The van der Waals surface area contributed by atoms with Gasteiger partial charge in [-0.3, -0.25) is 4.79 Å². The minimum Gasteiger partial charge on any atom is -0.324 e. The second-order valence-corrected chi connectivity index (χ2v) is 8.79. The van der Waals surface area contributed by atoms with Crippen LogP contribution in [0.2, 0.25) is 0 Å². The summed E-state index contributed by atoms with van der Waals surface area (Å²) in [4.78, 5) is 16.8. The van der Waals surface area contributed by atoms with Gasteiger partial charge in [0.25, 0.3) is 0 Å². The van der Waals surface area contributed by atoms with Crippen LogP contribution in [0.5, 0.6) is 0 Å². The maximum absolute atomic E-state index is 14.0. The Kier molecular flexibility index (Phi) is 5.20. The zero-order valence-corrected chi connectivity index (χ0v) is 16.9. The van der Waals surface area contributed by atoms with Crippen molar-refractivity contribution in [3.05, 3.63) is 52.7 Å². The Labute approximate surface area is 162 Å². The number of nitrogens with one attached hydrogen (secondary N) is 1. The zero-order valence-electron chi connectivity index (χ0n) is 16.1. The average molecular weight is 404 g/mol. The molecule has 0 aliphatic rings. The third-order valence-corrected chi connectivity index (χ3v) is 5.64. The Morgan fingerprint density at radius 1 is 1.21 bits per heavy atom. The monoisotopic (exact) mass is 404 g/mol. The summed E-state index contributed by atoms with van der Waals surface area (Å²) in [6.45, 7) is 5.67. The number of fused-ring (bicyclic) bond motifs is 1. The first-order valence-electron chi connectivity index (χ1n) is 8.68. The summed E-state index contributed by atoms with van der Waals surface area (Å²) in [5, 5.41) is 6.85. The number of benzene rings is 1. The lowest BCUT2D eigenvalue weighted by Gasteiger charge is -2.12. The topological polar surface area (TPSA) is 93.4 Å². The van der Waals surface area contributed by atoms with Crippen LogP contribution < -0.4 is 5.32 Å². The Hall–Kier alpha value is -2.81. The molecule has 3 aromatic rings. The fourth-order valence-corrected chi connectivity index (χ4v) is 3.73. The smallest absolute Gasteiger partial charge is 0.224 e. The number of hydrogen-bond donors (Lipinski definition) is 1. The molecule has 28 heavy (non-hydrogen) atoms. The minimum absolute atomic E-state index is 0.0559. The molecule has 0 unspecified atom stereocenters. The fraction of sp³-hybridized carbons (Fsp3) is 0.316. The molecule has 0 radical (unpaired) electrons. The number of hydrogen-bond acceptors (Lipinski definition) is 5. The van der Waals surface area contributed by atoms with Crippen molar-refractivity contribution in [1.29, 1.82) is 0 Å². The Morgan fingerprint density at radius 2 is 1.93 bits per heavy atom. The summed E-state index contributed by atoms with van der Waals surface area (Å²) in [5.41, 5.74) is 4.05. The molecule has 0 bridgehead atoms. The number of sulfone groups is 1. The van der Waals surface area contributed by atoms with Gasteiger partial charge in [0.1, 0.15) is 5.82 Å². The van der Waals surface area contributed by atoms with E-state index in [2.05, 4.69) is 15.4 Å². The molecule has 0 aliphatic carbocycles. The molecule has 1 aromatic carbocycles.